The summed E-state index contributed by atoms with van der Waals surface area (Å²) in [7, 11) is 1.97. The molecule has 0 aliphatic carbocycles. The average Bonchev–Trinajstić information content (AvgIpc) is 3.03. The number of aromatic nitrogens is 4. The normalized spacial score (nSPS) is 10.8. The Kier molecular flexibility index (Phi) is 3.81. The van der Waals surface area contributed by atoms with Gasteiger partial charge in [0.25, 0.3) is 5.91 Å². The lowest BCUT2D eigenvalue weighted by molar-refractivity contribution is 0.102. The first kappa shape index (κ1) is 15.8. The Balaban J connectivity index is 1.64. The van der Waals surface area contributed by atoms with Crippen LogP contribution in [0.4, 0.5) is 11.5 Å². The van der Waals surface area contributed by atoms with Gasteiger partial charge in [0.05, 0.1) is 11.9 Å². The summed E-state index contributed by atoms with van der Waals surface area (Å²) in [5.74, 6) is -0.327. The summed E-state index contributed by atoms with van der Waals surface area (Å²) in [5, 5.41) is 3.87. The molecule has 26 heavy (non-hydrogen) atoms. The SMILES string of the molecule is Cn1ccc2cc(NC(=O)c3nc(-c4cccnc4)cnc3N)ccc21. The molecule has 0 fully saturated rings. The number of hydrogen-bond acceptors (Lipinski definition) is 5. The number of anilines is 2. The Morgan fingerprint density at radius 3 is 2.88 bits per heavy atom. The molecule has 0 spiro atoms. The first-order valence-electron chi connectivity index (χ1n) is 8.01. The number of hydrogen-bond donors (Lipinski definition) is 2. The van der Waals surface area contributed by atoms with Gasteiger partial charge in [0, 0.05) is 47.8 Å². The number of carbonyl (C=O) groups excluding carboxylic acids is 1. The molecule has 0 aliphatic rings. The van der Waals surface area contributed by atoms with Crippen molar-refractivity contribution < 1.29 is 4.79 Å². The summed E-state index contributed by atoms with van der Waals surface area (Å²) in [6, 6.07) is 11.3. The summed E-state index contributed by atoms with van der Waals surface area (Å²) < 4.78 is 2.02. The molecule has 0 radical (unpaired) electrons. The number of benzene rings is 1. The summed E-state index contributed by atoms with van der Waals surface area (Å²) in [6.07, 6.45) is 6.82. The van der Waals surface area contributed by atoms with Crippen LogP contribution in [0, 0.1) is 0 Å². The van der Waals surface area contributed by atoms with Crippen LogP contribution in [0.1, 0.15) is 10.5 Å². The molecule has 4 aromatic rings. The second-order valence-corrected chi connectivity index (χ2v) is 5.89. The lowest BCUT2D eigenvalue weighted by Gasteiger charge is -2.08. The molecular formula is C19H16N6O. The molecule has 7 nitrogen and oxygen atoms in total. The molecule has 7 heteroatoms. The number of rotatable bonds is 3. The molecule has 0 saturated heterocycles. The first-order chi connectivity index (χ1) is 12.6. The van der Waals surface area contributed by atoms with Crippen molar-refractivity contribution in [2.45, 2.75) is 0 Å². The Hall–Kier alpha value is -3.74. The van der Waals surface area contributed by atoms with Crippen molar-refractivity contribution in [2.24, 2.45) is 7.05 Å². The fraction of sp³-hybridized carbons (Fsp3) is 0.0526. The van der Waals surface area contributed by atoms with Gasteiger partial charge < -0.3 is 15.6 Å². The van der Waals surface area contributed by atoms with E-state index < -0.39 is 5.91 Å². The first-order valence-corrected chi connectivity index (χ1v) is 8.01. The van der Waals surface area contributed by atoms with Crippen LogP contribution in [0.3, 0.4) is 0 Å². The topological polar surface area (TPSA) is 98.7 Å². The fourth-order valence-electron chi connectivity index (χ4n) is 2.77. The Bertz CT molecular complexity index is 1100. The van der Waals surface area contributed by atoms with Crippen molar-refractivity contribution in [3.63, 3.8) is 0 Å². The smallest absolute Gasteiger partial charge is 0.278 e. The summed E-state index contributed by atoms with van der Waals surface area (Å²) >= 11 is 0. The summed E-state index contributed by atoms with van der Waals surface area (Å²) in [5.41, 5.74) is 9.00. The van der Waals surface area contributed by atoms with E-state index in [2.05, 4.69) is 20.3 Å². The van der Waals surface area contributed by atoms with Crippen LogP contribution < -0.4 is 11.1 Å². The Morgan fingerprint density at radius 2 is 2.08 bits per heavy atom. The molecule has 0 aliphatic heterocycles. The van der Waals surface area contributed by atoms with Crippen LogP contribution in [-0.4, -0.2) is 25.4 Å². The van der Waals surface area contributed by atoms with Gasteiger partial charge in [-0.1, -0.05) is 0 Å². The zero-order valence-corrected chi connectivity index (χ0v) is 14.0. The number of nitrogens with two attached hydrogens (primary N) is 1. The van der Waals surface area contributed by atoms with Crippen molar-refractivity contribution in [1.29, 1.82) is 0 Å². The maximum Gasteiger partial charge on any atom is 0.278 e. The summed E-state index contributed by atoms with van der Waals surface area (Å²) in [6.45, 7) is 0. The molecule has 128 valence electrons. The maximum atomic E-state index is 12.6. The minimum Gasteiger partial charge on any atom is -0.382 e. The van der Waals surface area contributed by atoms with E-state index in [0.29, 0.717) is 11.4 Å². The second kappa shape index (κ2) is 6.29. The predicted molar refractivity (Wildman–Crippen MR) is 101 cm³/mol. The fourth-order valence-corrected chi connectivity index (χ4v) is 2.77. The molecule has 3 N–H and O–H groups in total. The molecule has 0 bridgehead atoms. The van der Waals surface area contributed by atoms with Crippen LogP contribution in [0.2, 0.25) is 0 Å². The lowest BCUT2D eigenvalue weighted by atomic mass is 10.2. The van der Waals surface area contributed by atoms with Gasteiger partial charge in [-0.15, -0.1) is 0 Å². The highest BCUT2D eigenvalue weighted by molar-refractivity contribution is 6.06. The molecule has 1 aromatic carbocycles. The quantitative estimate of drug-likeness (QED) is 0.595. The average molecular weight is 344 g/mol. The largest absolute Gasteiger partial charge is 0.382 e. The van der Waals surface area contributed by atoms with E-state index in [1.165, 1.54) is 6.20 Å². The van der Waals surface area contributed by atoms with Gasteiger partial charge in [-0.2, -0.15) is 0 Å². The zero-order chi connectivity index (χ0) is 18.1. The molecule has 3 heterocycles. The number of fused-ring (bicyclic) bond motifs is 1. The minimum absolute atomic E-state index is 0.0796. The van der Waals surface area contributed by atoms with Crippen molar-refractivity contribution in [2.75, 3.05) is 11.1 Å². The van der Waals surface area contributed by atoms with E-state index in [9.17, 15) is 4.79 Å². The molecule has 3 aromatic heterocycles. The number of amides is 1. The number of carbonyl (C=O) groups is 1. The van der Waals surface area contributed by atoms with Crippen LogP contribution in [0.15, 0.2) is 61.2 Å². The molecule has 4 rings (SSSR count). The van der Waals surface area contributed by atoms with Gasteiger partial charge in [0.1, 0.15) is 0 Å². The van der Waals surface area contributed by atoms with Gasteiger partial charge in [0.15, 0.2) is 11.5 Å². The van der Waals surface area contributed by atoms with Gasteiger partial charge in [-0.3, -0.25) is 9.78 Å². The molecule has 0 atom stereocenters. The highest BCUT2D eigenvalue weighted by Crippen LogP contribution is 2.21. The van der Waals surface area contributed by atoms with Crippen LogP contribution in [0.25, 0.3) is 22.2 Å². The van der Waals surface area contributed by atoms with Crippen LogP contribution in [-0.2, 0) is 7.05 Å². The van der Waals surface area contributed by atoms with Gasteiger partial charge >= 0.3 is 0 Å². The second-order valence-electron chi connectivity index (χ2n) is 5.89. The number of nitrogens with zero attached hydrogens (tertiary/aromatic N) is 4. The van der Waals surface area contributed by atoms with E-state index in [1.807, 2.05) is 48.1 Å². The van der Waals surface area contributed by atoms with Crippen molar-refractivity contribution in [1.82, 2.24) is 19.5 Å². The van der Waals surface area contributed by atoms with Gasteiger partial charge in [-0.05, 0) is 36.4 Å². The number of pyridine rings is 1. The number of nitrogen functional groups attached to an aromatic ring is 1. The van der Waals surface area contributed by atoms with E-state index >= 15 is 0 Å². The van der Waals surface area contributed by atoms with Crippen molar-refractivity contribution in [3.8, 4) is 11.3 Å². The Morgan fingerprint density at radius 1 is 1.19 bits per heavy atom. The van der Waals surface area contributed by atoms with E-state index in [0.717, 1.165) is 16.5 Å². The number of nitrogens with one attached hydrogen (secondary N) is 1. The van der Waals surface area contributed by atoms with Crippen LogP contribution in [0.5, 0.6) is 0 Å². The minimum atomic E-state index is -0.406. The predicted octanol–water partition coefficient (Wildman–Crippen LogP) is 2.86. The van der Waals surface area contributed by atoms with Crippen molar-refractivity contribution in [3.05, 3.63) is 66.9 Å². The van der Waals surface area contributed by atoms with E-state index in [1.54, 1.807) is 18.5 Å². The highest BCUT2D eigenvalue weighted by atomic mass is 16.1. The van der Waals surface area contributed by atoms with E-state index in [-0.39, 0.29) is 11.5 Å². The van der Waals surface area contributed by atoms with Gasteiger partial charge in [0.2, 0.25) is 0 Å². The van der Waals surface area contributed by atoms with Gasteiger partial charge in [-0.25, -0.2) is 9.97 Å². The molecule has 0 saturated carbocycles. The van der Waals surface area contributed by atoms with Crippen LogP contribution >= 0.6 is 0 Å². The monoisotopic (exact) mass is 344 g/mol. The third kappa shape index (κ3) is 2.86. The summed E-state index contributed by atoms with van der Waals surface area (Å²) in [4.78, 5) is 25.2. The third-order valence-corrected chi connectivity index (χ3v) is 4.12. The molecule has 1 amide bonds. The lowest BCUT2D eigenvalue weighted by Crippen LogP contribution is -2.17. The third-order valence-electron chi connectivity index (χ3n) is 4.12. The van der Waals surface area contributed by atoms with E-state index in [4.69, 9.17) is 5.73 Å². The molecule has 0 unspecified atom stereocenters. The Labute approximate surface area is 149 Å². The highest BCUT2D eigenvalue weighted by Gasteiger charge is 2.15. The maximum absolute atomic E-state index is 12.6. The number of aryl methyl sites for hydroxylation is 1. The zero-order valence-electron chi connectivity index (χ0n) is 14.0. The van der Waals surface area contributed by atoms with Crippen molar-refractivity contribution >= 4 is 28.3 Å². The molecular weight excluding hydrogens is 328 g/mol. The standard InChI is InChI=1S/C19H16N6O/c1-25-8-6-12-9-14(4-5-16(12)25)23-19(26)17-18(20)22-11-15(24-17)13-3-2-7-21-10-13/h2-11H,1H3,(H2,20,22)(H,23,26).